The van der Waals surface area contributed by atoms with Gasteiger partial charge < -0.3 is 9.80 Å². The highest BCUT2D eigenvalue weighted by atomic mass is 16.2. The number of piperazine rings is 1. The summed E-state index contributed by atoms with van der Waals surface area (Å²) in [4.78, 5) is 36.6. The second-order valence-corrected chi connectivity index (χ2v) is 6.14. The van der Waals surface area contributed by atoms with Crippen LogP contribution in [0.5, 0.6) is 0 Å². The number of aromatic nitrogens is 2. The molecule has 1 atom stereocenters. The van der Waals surface area contributed by atoms with E-state index in [0.29, 0.717) is 17.9 Å². The SMILES string of the molecule is Cc1ccc(N2CC(C)N(C(=O)c3cnc(C)nc3)CC2=O)cc1. The normalized spacial score (nSPS) is 18.0. The third kappa shape index (κ3) is 3.13. The largest absolute Gasteiger partial charge is 0.325 e. The van der Waals surface area contributed by atoms with Crippen LogP contribution >= 0.6 is 0 Å². The third-order valence-electron chi connectivity index (χ3n) is 4.22. The highest BCUT2D eigenvalue weighted by Crippen LogP contribution is 2.21. The maximum absolute atomic E-state index is 12.6. The lowest BCUT2D eigenvalue weighted by atomic mass is 10.1. The Labute approximate surface area is 141 Å². The lowest BCUT2D eigenvalue weighted by Gasteiger charge is -2.39. The van der Waals surface area contributed by atoms with Gasteiger partial charge in [-0.2, -0.15) is 0 Å². The first-order valence-corrected chi connectivity index (χ1v) is 7.92. The smallest absolute Gasteiger partial charge is 0.257 e. The maximum Gasteiger partial charge on any atom is 0.257 e. The van der Waals surface area contributed by atoms with E-state index in [9.17, 15) is 9.59 Å². The van der Waals surface area contributed by atoms with Crippen LogP contribution in [0.4, 0.5) is 5.69 Å². The molecule has 0 aliphatic carbocycles. The van der Waals surface area contributed by atoms with Crippen LogP contribution < -0.4 is 4.90 Å². The molecule has 0 saturated carbocycles. The van der Waals surface area contributed by atoms with Gasteiger partial charge in [0, 0.05) is 30.7 Å². The summed E-state index contributed by atoms with van der Waals surface area (Å²) in [6.45, 7) is 6.25. The van der Waals surface area contributed by atoms with Gasteiger partial charge in [-0.05, 0) is 32.9 Å². The molecule has 0 N–H and O–H groups in total. The van der Waals surface area contributed by atoms with E-state index in [2.05, 4.69) is 9.97 Å². The first-order valence-electron chi connectivity index (χ1n) is 7.92. The van der Waals surface area contributed by atoms with Crippen LogP contribution in [-0.4, -0.2) is 45.8 Å². The highest BCUT2D eigenvalue weighted by molar-refractivity contribution is 6.01. The van der Waals surface area contributed by atoms with Crippen molar-refractivity contribution in [2.75, 3.05) is 18.0 Å². The summed E-state index contributed by atoms with van der Waals surface area (Å²) >= 11 is 0. The van der Waals surface area contributed by atoms with Crippen molar-refractivity contribution in [1.82, 2.24) is 14.9 Å². The van der Waals surface area contributed by atoms with Crippen molar-refractivity contribution in [2.24, 2.45) is 0 Å². The molecule has 124 valence electrons. The number of anilines is 1. The van der Waals surface area contributed by atoms with Gasteiger partial charge in [-0.25, -0.2) is 9.97 Å². The minimum Gasteiger partial charge on any atom is -0.325 e. The van der Waals surface area contributed by atoms with E-state index in [0.717, 1.165) is 11.3 Å². The first-order chi connectivity index (χ1) is 11.5. The van der Waals surface area contributed by atoms with Gasteiger partial charge in [-0.15, -0.1) is 0 Å². The number of carbonyl (C=O) groups excluding carboxylic acids is 2. The summed E-state index contributed by atoms with van der Waals surface area (Å²) in [5.74, 6) is 0.317. The Balaban J connectivity index is 1.77. The molecule has 2 aromatic rings. The van der Waals surface area contributed by atoms with Crippen LogP contribution in [-0.2, 0) is 4.79 Å². The zero-order valence-electron chi connectivity index (χ0n) is 14.1. The van der Waals surface area contributed by atoms with Crippen molar-refractivity contribution in [1.29, 1.82) is 0 Å². The summed E-state index contributed by atoms with van der Waals surface area (Å²) in [5, 5.41) is 0. The lowest BCUT2D eigenvalue weighted by molar-refractivity contribution is -0.121. The molecule has 0 spiro atoms. The Bertz CT molecular complexity index is 756. The molecular formula is C18H20N4O2. The molecule has 6 heteroatoms. The van der Waals surface area contributed by atoms with E-state index in [1.165, 1.54) is 12.4 Å². The Kier molecular flexibility index (Phi) is 4.29. The second-order valence-electron chi connectivity index (χ2n) is 6.14. The summed E-state index contributed by atoms with van der Waals surface area (Å²) in [5.41, 5.74) is 2.42. The van der Waals surface area contributed by atoms with Crippen molar-refractivity contribution in [3.05, 3.63) is 53.6 Å². The van der Waals surface area contributed by atoms with Gasteiger partial charge in [0.15, 0.2) is 0 Å². The minimum atomic E-state index is -0.209. The molecule has 1 aliphatic rings. The van der Waals surface area contributed by atoms with E-state index < -0.39 is 0 Å². The summed E-state index contributed by atoms with van der Waals surface area (Å²) in [6, 6.07) is 7.75. The number of aryl methyl sites for hydroxylation is 2. The fraction of sp³-hybridized carbons (Fsp3) is 0.333. The predicted molar refractivity (Wildman–Crippen MR) is 90.8 cm³/mol. The van der Waals surface area contributed by atoms with Gasteiger partial charge in [0.25, 0.3) is 5.91 Å². The summed E-state index contributed by atoms with van der Waals surface area (Å²) < 4.78 is 0. The molecule has 1 unspecified atom stereocenters. The Morgan fingerprint density at radius 3 is 2.38 bits per heavy atom. The number of carbonyl (C=O) groups is 2. The molecule has 2 heterocycles. The van der Waals surface area contributed by atoms with Crippen molar-refractivity contribution < 1.29 is 9.59 Å². The Morgan fingerprint density at radius 1 is 1.12 bits per heavy atom. The fourth-order valence-electron chi connectivity index (χ4n) is 2.77. The minimum absolute atomic E-state index is 0.0573. The van der Waals surface area contributed by atoms with Crippen molar-refractivity contribution in [3.8, 4) is 0 Å². The summed E-state index contributed by atoms with van der Waals surface area (Å²) in [6.07, 6.45) is 3.02. The average Bonchev–Trinajstić information content (AvgIpc) is 2.57. The molecule has 1 aromatic carbocycles. The van der Waals surface area contributed by atoms with Gasteiger partial charge in [-0.3, -0.25) is 9.59 Å². The van der Waals surface area contributed by atoms with Gasteiger partial charge in [-0.1, -0.05) is 17.7 Å². The van der Waals surface area contributed by atoms with E-state index >= 15 is 0 Å². The predicted octanol–water partition coefficient (Wildman–Crippen LogP) is 1.97. The third-order valence-corrected chi connectivity index (χ3v) is 4.22. The van der Waals surface area contributed by atoms with Crippen LogP contribution in [0.1, 0.15) is 28.7 Å². The monoisotopic (exact) mass is 324 g/mol. The quantitative estimate of drug-likeness (QED) is 0.847. The van der Waals surface area contributed by atoms with Crippen LogP contribution in [0.15, 0.2) is 36.7 Å². The Hall–Kier alpha value is -2.76. The van der Waals surface area contributed by atoms with Crippen molar-refractivity contribution in [2.45, 2.75) is 26.8 Å². The molecule has 3 rings (SSSR count). The van der Waals surface area contributed by atoms with Crippen molar-refractivity contribution in [3.63, 3.8) is 0 Å². The van der Waals surface area contributed by atoms with Crippen LogP contribution in [0.25, 0.3) is 0 Å². The standard InChI is InChI=1S/C18H20N4O2/c1-12-4-6-16(7-5-12)22-10-13(2)21(11-17(22)23)18(24)15-8-19-14(3)20-9-15/h4-9,13H,10-11H2,1-3H3. The molecule has 2 amide bonds. The molecule has 1 aromatic heterocycles. The van der Waals surface area contributed by atoms with Gasteiger partial charge in [0.1, 0.15) is 12.4 Å². The Morgan fingerprint density at radius 2 is 1.75 bits per heavy atom. The topological polar surface area (TPSA) is 66.4 Å². The molecule has 0 radical (unpaired) electrons. The molecule has 6 nitrogen and oxygen atoms in total. The fourth-order valence-corrected chi connectivity index (χ4v) is 2.77. The number of hydrogen-bond donors (Lipinski definition) is 0. The van der Waals surface area contributed by atoms with Crippen LogP contribution in [0.3, 0.4) is 0 Å². The number of benzene rings is 1. The molecule has 1 fully saturated rings. The molecule has 1 aliphatic heterocycles. The molecule has 0 bridgehead atoms. The van der Waals surface area contributed by atoms with E-state index in [-0.39, 0.29) is 24.4 Å². The second kappa shape index (κ2) is 6.39. The van der Waals surface area contributed by atoms with Gasteiger partial charge in [0.05, 0.1) is 5.56 Å². The number of amides is 2. The van der Waals surface area contributed by atoms with E-state index in [1.807, 2.05) is 38.1 Å². The first kappa shape index (κ1) is 16.1. The molecule has 1 saturated heterocycles. The van der Waals surface area contributed by atoms with Crippen LogP contribution in [0, 0.1) is 13.8 Å². The maximum atomic E-state index is 12.6. The zero-order valence-corrected chi connectivity index (χ0v) is 14.1. The van der Waals surface area contributed by atoms with Gasteiger partial charge >= 0.3 is 0 Å². The number of nitrogens with zero attached hydrogens (tertiary/aromatic N) is 4. The van der Waals surface area contributed by atoms with Crippen molar-refractivity contribution >= 4 is 17.5 Å². The highest BCUT2D eigenvalue weighted by Gasteiger charge is 2.33. The molecule has 24 heavy (non-hydrogen) atoms. The number of hydrogen-bond acceptors (Lipinski definition) is 4. The van der Waals surface area contributed by atoms with E-state index in [1.54, 1.807) is 16.7 Å². The zero-order chi connectivity index (χ0) is 17.3. The number of rotatable bonds is 2. The average molecular weight is 324 g/mol. The lowest BCUT2D eigenvalue weighted by Crippen LogP contribution is -2.57. The molecular weight excluding hydrogens is 304 g/mol. The van der Waals surface area contributed by atoms with Crippen LogP contribution in [0.2, 0.25) is 0 Å². The van der Waals surface area contributed by atoms with E-state index in [4.69, 9.17) is 0 Å². The summed E-state index contributed by atoms with van der Waals surface area (Å²) in [7, 11) is 0. The van der Waals surface area contributed by atoms with Gasteiger partial charge in [0.2, 0.25) is 5.91 Å².